The summed E-state index contributed by atoms with van der Waals surface area (Å²) in [6.07, 6.45) is 0. The number of rotatable bonds is 0. The Kier molecular flexibility index (Phi) is 3.76. The van der Waals surface area contributed by atoms with Gasteiger partial charge in [-0.05, 0) is 55.4 Å². The summed E-state index contributed by atoms with van der Waals surface area (Å²) in [7, 11) is 0. The van der Waals surface area contributed by atoms with E-state index in [4.69, 9.17) is 0 Å². The monoisotopic (exact) mass is 226 g/mol. The fourth-order valence-corrected chi connectivity index (χ4v) is 3.04. The van der Waals surface area contributed by atoms with E-state index in [1.54, 1.807) is 0 Å². The van der Waals surface area contributed by atoms with Crippen molar-refractivity contribution in [2.45, 2.75) is 78.6 Å². The predicted octanol–water partition coefficient (Wildman–Crippen LogP) is 2.98. The van der Waals surface area contributed by atoms with Gasteiger partial charge in [0.05, 0.1) is 0 Å². The van der Waals surface area contributed by atoms with Crippen LogP contribution in [0.5, 0.6) is 0 Å². The highest BCUT2D eigenvalue weighted by Crippen LogP contribution is 2.29. The molecule has 1 saturated heterocycles. The molecule has 0 aromatic carbocycles. The van der Waals surface area contributed by atoms with Gasteiger partial charge in [-0.15, -0.1) is 0 Å². The van der Waals surface area contributed by atoms with Crippen LogP contribution in [0.15, 0.2) is 0 Å². The first-order valence-corrected chi connectivity index (χ1v) is 6.58. The number of hydrogen-bond acceptors (Lipinski definition) is 2. The fraction of sp³-hybridized carbons (Fsp3) is 1.00. The Bertz CT molecular complexity index is 208. The van der Waals surface area contributed by atoms with Gasteiger partial charge in [-0.2, -0.15) is 0 Å². The lowest BCUT2D eigenvalue weighted by molar-refractivity contribution is -0.0519. The van der Waals surface area contributed by atoms with E-state index in [-0.39, 0.29) is 11.1 Å². The summed E-state index contributed by atoms with van der Waals surface area (Å²) >= 11 is 0. The van der Waals surface area contributed by atoms with Gasteiger partial charge in [-0.1, -0.05) is 0 Å². The minimum absolute atomic E-state index is 0.289. The Labute approximate surface area is 102 Å². The van der Waals surface area contributed by atoms with Crippen LogP contribution in [0.25, 0.3) is 0 Å². The summed E-state index contributed by atoms with van der Waals surface area (Å²) in [5.41, 5.74) is 0.579. The summed E-state index contributed by atoms with van der Waals surface area (Å²) in [5.74, 6) is 0. The maximum atomic E-state index is 2.64. The van der Waals surface area contributed by atoms with Gasteiger partial charge in [0, 0.05) is 36.3 Å². The first kappa shape index (κ1) is 14.0. The van der Waals surface area contributed by atoms with Gasteiger partial charge in [0.2, 0.25) is 0 Å². The van der Waals surface area contributed by atoms with Crippen LogP contribution < -0.4 is 0 Å². The zero-order chi connectivity index (χ0) is 12.7. The van der Waals surface area contributed by atoms with Crippen molar-refractivity contribution in [2.24, 2.45) is 0 Å². The van der Waals surface area contributed by atoms with Gasteiger partial charge in [-0.3, -0.25) is 9.80 Å². The van der Waals surface area contributed by atoms with Gasteiger partial charge in [0.15, 0.2) is 0 Å². The van der Waals surface area contributed by atoms with Gasteiger partial charge in [0.25, 0.3) is 0 Å². The molecule has 0 saturated carbocycles. The molecule has 0 aliphatic carbocycles. The van der Waals surface area contributed by atoms with Gasteiger partial charge in [0.1, 0.15) is 0 Å². The zero-order valence-electron chi connectivity index (χ0n) is 12.5. The summed E-state index contributed by atoms with van der Waals surface area (Å²) in [5, 5.41) is 0. The average Bonchev–Trinajstić information content (AvgIpc) is 2.05. The van der Waals surface area contributed by atoms with Crippen molar-refractivity contribution in [3.63, 3.8) is 0 Å². The Morgan fingerprint density at radius 1 is 0.688 bits per heavy atom. The van der Waals surface area contributed by atoms with Crippen LogP contribution in [0.1, 0.15) is 55.4 Å². The topological polar surface area (TPSA) is 6.48 Å². The van der Waals surface area contributed by atoms with Crippen molar-refractivity contribution in [1.29, 1.82) is 0 Å². The average molecular weight is 226 g/mol. The molecule has 2 heteroatoms. The number of nitrogens with zero attached hydrogens (tertiary/aromatic N) is 2. The van der Waals surface area contributed by atoms with E-state index in [1.807, 2.05) is 0 Å². The highest BCUT2D eigenvalue weighted by molar-refractivity contribution is 4.95. The van der Waals surface area contributed by atoms with Gasteiger partial charge in [-0.25, -0.2) is 0 Å². The second-order valence-corrected chi connectivity index (χ2v) is 7.21. The molecular formula is C14H30N2. The quantitative estimate of drug-likeness (QED) is 0.626. The molecule has 1 fully saturated rings. The Hall–Kier alpha value is -0.0800. The van der Waals surface area contributed by atoms with Crippen molar-refractivity contribution < 1.29 is 0 Å². The standard InChI is InChI=1S/C14H30N2/c1-11-12(2)16(14(6,7)8)10-9-15(11)13(3,4)5/h11-12H,9-10H2,1-8H3. The summed E-state index contributed by atoms with van der Waals surface area (Å²) in [6, 6.07) is 1.26. The van der Waals surface area contributed by atoms with Crippen LogP contribution in [0.3, 0.4) is 0 Å². The first-order chi connectivity index (χ1) is 7.05. The molecule has 0 bridgehead atoms. The molecule has 2 atom stereocenters. The maximum Gasteiger partial charge on any atom is 0.0226 e. The molecule has 0 amide bonds. The Balaban J connectivity index is 2.81. The molecule has 1 aliphatic rings. The molecule has 96 valence electrons. The second-order valence-electron chi connectivity index (χ2n) is 7.21. The van der Waals surface area contributed by atoms with Crippen molar-refractivity contribution >= 4 is 0 Å². The molecular weight excluding hydrogens is 196 g/mol. The third-order valence-electron chi connectivity index (χ3n) is 3.99. The van der Waals surface area contributed by atoms with E-state index in [0.717, 1.165) is 0 Å². The number of hydrogen-bond donors (Lipinski definition) is 0. The number of piperazine rings is 1. The fourth-order valence-electron chi connectivity index (χ4n) is 3.04. The van der Waals surface area contributed by atoms with Gasteiger partial charge < -0.3 is 0 Å². The summed E-state index contributed by atoms with van der Waals surface area (Å²) in [4.78, 5) is 5.28. The minimum Gasteiger partial charge on any atom is -0.293 e. The molecule has 0 aromatic rings. The molecule has 0 radical (unpaired) electrons. The van der Waals surface area contributed by atoms with E-state index in [0.29, 0.717) is 12.1 Å². The molecule has 0 spiro atoms. The van der Waals surface area contributed by atoms with Crippen LogP contribution in [-0.4, -0.2) is 46.1 Å². The van der Waals surface area contributed by atoms with Crippen LogP contribution in [-0.2, 0) is 0 Å². The van der Waals surface area contributed by atoms with Crippen molar-refractivity contribution in [3.8, 4) is 0 Å². The lowest BCUT2D eigenvalue weighted by Gasteiger charge is -2.54. The molecule has 16 heavy (non-hydrogen) atoms. The Morgan fingerprint density at radius 3 is 1.12 bits per heavy atom. The lowest BCUT2D eigenvalue weighted by atomic mass is 9.92. The molecule has 1 rings (SSSR count). The minimum atomic E-state index is 0.289. The first-order valence-electron chi connectivity index (χ1n) is 6.58. The van der Waals surface area contributed by atoms with E-state index in [9.17, 15) is 0 Å². The molecule has 0 N–H and O–H groups in total. The summed E-state index contributed by atoms with van der Waals surface area (Å²) in [6.45, 7) is 21.0. The largest absolute Gasteiger partial charge is 0.293 e. The van der Waals surface area contributed by atoms with E-state index in [2.05, 4.69) is 65.2 Å². The summed E-state index contributed by atoms with van der Waals surface area (Å²) < 4.78 is 0. The molecule has 2 nitrogen and oxygen atoms in total. The molecule has 0 aromatic heterocycles. The highest BCUT2D eigenvalue weighted by atomic mass is 15.3. The van der Waals surface area contributed by atoms with E-state index in [1.165, 1.54) is 13.1 Å². The predicted molar refractivity (Wildman–Crippen MR) is 71.8 cm³/mol. The smallest absolute Gasteiger partial charge is 0.0226 e. The van der Waals surface area contributed by atoms with E-state index >= 15 is 0 Å². The molecule has 1 aliphatic heterocycles. The third kappa shape index (κ3) is 2.78. The van der Waals surface area contributed by atoms with Crippen molar-refractivity contribution in [3.05, 3.63) is 0 Å². The van der Waals surface area contributed by atoms with Crippen LogP contribution >= 0.6 is 0 Å². The Morgan fingerprint density at radius 2 is 0.938 bits per heavy atom. The van der Waals surface area contributed by atoms with Crippen LogP contribution in [0, 0.1) is 0 Å². The highest BCUT2D eigenvalue weighted by Gasteiger charge is 2.39. The normalized spacial score (nSPS) is 30.8. The SMILES string of the molecule is CC1C(C)N(C(C)(C)C)CCN1C(C)(C)C. The van der Waals surface area contributed by atoms with Crippen molar-refractivity contribution in [2.75, 3.05) is 13.1 Å². The molecule has 1 heterocycles. The molecule has 2 unspecified atom stereocenters. The second kappa shape index (κ2) is 4.30. The third-order valence-corrected chi connectivity index (χ3v) is 3.99. The zero-order valence-corrected chi connectivity index (χ0v) is 12.5. The maximum absolute atomic E-state index is 2.64. The van der Waals surface area contributed by atoms with Crippen LogP contribution in [0.4, 0.5) is 0 Å². The lowest BCUT2D eigenvalue weighted by Crippen LogP contribution is -2.65. The van der Waals surface area contributed by atoms with Crippen LogP contribution in [0.2, 0.25) is 0 Å². The van der Waals surface area contributed by atoms with E-state index < -0.39 is 0 Å². The van der Waals surface area contributed by atoms with Crippen molar-refractivity contribution in [1.82, 2.24) is 9.80 Å². The van der Waals surface area contributed by atoms with Gasteiger partial charge >= 0.3 is 0 Å².